The van der Waals surface area contributed by atoms with Crippen molar-refractivity contribution in [2.45, 2.75) is 41.5 Å². The Kier molecular flexibility index (Phi) is 3.86. The number of Topliss-reactive ketones (excluding diaryl/α,β-unsaturated/α-hetero) is 1. The molecule has 82 valence electrons. The first-order chi connectivity index (χ1) is 6.07. The van der Waals surface area contributed by atoms with E-state index in [1.54, 1.807) is 13.8 Å². The van der Waals surface area contributed by atoms with Crippen LogP contribution in [0.3, 0.4) is 0 Å². The Hall–Kier alpha value is -0.860. The highest BCUT2D eigenvalue weighted by molar-refractivity contribution is 5.89. The summed E-state index contributed by atoms with van der Waals surface area (Å²) >= 11 is 0. The number of carbonyl (C=O) groups excluding carboxylic acids is 2. The maximum Gasteiger partial charge on any atom is 0.302 e. The number of rotatable bonds is 3. The predicted molar refractivity (Wildman–Crippen MR) is 54.9 cm³/mol. The first kappa shape index (κ1) is 13.1. The fraction of sp³-hybridized carbons (Fsp3) is 0.818. The lowest BCUT2D eigenvalue weighted by Crippen LogP contribution is -2.38. The lowest BCUT2D eigenvalue weighted by molar-refractivity contribution is -0.149. The van der Waals surface area contributed by atoms with Gasteiger partial charge in [0.05, 0.1) is 5.41 Å². The number of hydrogen-bond acceptors (Lipinski definition) is 3. The molecule has 0 aromatic carbocycles. The van der Waals surface area contributed by atoms with Crippen molar-refractivity contribution in [2.24, 2.45) is 10.8 Å². The van der Waals surface area contributed by atoms with Crippen LogP contribution < -0.4 is 0 Å². The molecule has 0 aromatic heterocycles. The van der Waals surface area contributed by atoms with Gasteiger partial charge in [0.1, 0.15) is 12.4 Å². The molecule has 0 saturated heterocycles. The molecule has 0 N–H and O–H groups in total. The van der Waals surface area contributed by atoms with Crippen LogP contribution in [0.5, 0.6) is 0 Å². The van der Waals surface area contributed by atoms with E-state index in [-0.39, 0.29) is 18.4 Å². The molecule has 0 aromatic rings. The number of carbonyl (C=O) groups is 2. The second-order valence-electron chi connectivity index (χ2n) is 5.24. The highest BCUT2D eigenvalue weighted by atomic mass is 16.5. The van der Waals surface area contributed by atoms with E-state index in [0.29, 0.717) is 0 Å². The van der Waals surface area contributed by atoms with Crippen LogP contribution >= 0.6 is 0 Å². The van der Waals surface area contributed by atoms with Crippen molar-refractivity contribution in [2.75, 3.05) is 6.61 Å². The standard InChI is InChI=1S/C11H20O3/c1-8(12)14-7-11(5,6)9(13)10(2,3)4/h7H2,1-6H3. The van der Waals surface area contributed by atoms with Crippen LogP contribution in [-0.4, -0.2) is 18.4 Å². The highest BCUT2D eigenvalue weighted by Crippen LogP contribution is 2.29. The molecule has 0 spiro atoms. The molecule has 0 aliphatic heterocycles. The van der Waals surface area contributed by atoms with Crippen molar-refractivity contribution >= 4 is 11.8 Å². The van der Waals surface area contributed by atoms with Gasteiger partial charge >= 0.3 is 5.97 Å². The summed E-state index contributed by atoms with van der Waals surface area (Å²) in [6, 6.07) is 0. The van der Waals surface area contributed by atoms with Crippen molar-refractivity contribution in [1.29, 1.82) is 0 Å². The Balaban J connectivity index is 4.46. The molecule has 0 aliphatic rings. The van der Waals surface area contributed by atoms with E-state index in [0.717, 1.165) is 0 Å². The Morgan fingerprint density at radius 3 is 1.79 bits per heavy atom. The van der Waals surface area contributed by atoms with E-state index in [9.17, 15) is 9.59 Å². The summed E-state index contributed by atoms with van der Waals surface area (Å²) in [5.74, 6) is -0.244. The first-order valence-electron chi connectivity index (χ1n) is 4.75. The van der Waals surface area contributed by atoms with Gasteiger partial charge in [0.15, 0.2) is 0 Å². The number of ketones is 1. The van der Waals surface area contributed by atoms with E-state index in [4.69, 9.17) is 4.74 Å². The molecule has 3 heteroatoms. The minimum Gasteiger partial charge on any atom is -0.465 e. The summed E-state index contributed by atoms with van der Waals surface area (Å²) in [5.41, 5.74) is -1.01. The number of esters is 1. The molecule has 0 atom stereocenters. The van der Waals surface area contributed by atoms with Crippen molar-refractivity contribution < 1.29 is 14.3 Å². The largest absolute Gasteiger partial charge is 0.465 e. The van der Waals surface area contributed by atoms with Gasteiger partial charge in [0, 0.05) is 12.3 Å². The van der Waals surface area contributed by atoms with E-state index in [2.05, 4.69) is 0 Å². The van der Waals surface area contributed by atoms with Crippen molar-refractivity contribution in [3.63, 3.8) is 0 Å². The van der Waals surface area contributed by atoms with Crippen LogP contribution in [0, 0.1) is 10.8 Å². The fourth-order valence-corrected chi connectivity index (χ4v) is 1.36. The lowest BCUT2D eigenvalue weighted by atomic mass is 9.75. The van der Waals surface area contributed by atoms with Crippen LogP contribution in [-0.2, 0) is 14.3 Å². The monoisotopic (exact) mass is 200 g/mol. The predicted octanol–water partition coefficient (Wildman–Crippen LogP) is 2.19. The molecule has 0 aliphatic carbocycles. The summed E-state index contributed by atoms with van der Waals surface area (Å²) < 4.78 is 4.86. The van der Waals surface area contributed by atoms with Crippen LogP contribution in [0.25, 0.3) is 0 Å². The second kappa shape index (κ2) is 4.11. The van der Waals surface area contributed by atoms with Crippen LogP contribution in [0.4, 0.5) is 0 Å². The van der Waals surface area contributed by atoms with E-state index >= 15 is 0 Å². The topological polar surface area (TPSA) is 43.4 Å². The minimum atomic E-state index is -0.607. The van der Waals surface area contributed by atoms with Gasteiger partial charge < -0.3 is 4.74 Å². The summed E-state index contributed by atoms with van der Waals surface area (Å²) in [4.78, 5) is 22.5. The van der Waals surface area contributed by atoms with Gasteiger partial charge in [0.25, 0.3) is 0 Å². The first-order valence-corrected chi connectivity index (χ1v) is 4.75. The van der Waals surface area contributed by atoms with Crippen LogP contribution in [0.1, 0.15) is 41.5 Å². The zero-order chi connectivity index (χ0) is 11.6. The van der Waals surface area contributed by atoms with E-state index in [1.165, 1.54) is 6.92 Å². The minimum absolute atomic E-state index is 0.103. The molecular formula is C11H20O3. The maximum absolute atomic E-state index is 11.9. The van der Waals surface area contributed by atoms with E-state index in [1.807, 2.05) is 20.8 Å². The SMILES string of the molecule is CC(=O)OCC(C)(C)C(=O)C(C)(C)C. The molecule has 0 amide bonds. The van der Waals surface area contributed by atoms with Gasteiger partial charge in [-0.3, -0.25) is 9.59 Å². The lowest BCUT2D eigenvalue weighted by Gasteiger charge is -2.29. The van der Waals surface area contributed by atoms with Gasteiger partial charge in [0.2, 0.25) is 0 Å². The third kappa shape index (κ3) is 3.90. The smallest absolute Gasteiger partial charge is 0.302 e. The Bertz CT molecular complexity index is 233. The van der Waals surface area contributed by atoms with Crippen molar-refractivity contribution in [3.8, 4) is 0 Å². The van der Waals surface area contributed by atoms with Gasteiger partial charge in [-0.15, -0.1) is 0 Å². The molecule has 0 unspecified atom stereocenters. The third-order valence-corrected chi connectivity index (χ3v) is 1.93. The van der Waals surface area contributed by atoms with Gasteiger partial charge in [-0.2, -0.15) is 0 Å². The zero-order valence-electron chi connectivity index (χ0n) is 9.93. The van der Waals surface area contributed by atoms with Crippen LogP contribution in [0.2, 0.25) is 0 Å². The van der Waals surface area contributed by atoms with Gasteiger partial charge in [-0.25, -0.2) is 0 Å². The van der Waals surface area contributed by atoms with Gasteiger partial charge in [-0.05, 0) is 13.8 Å². The summed E-state index contributed by atoms with van der Waals surface area (Å²) in [6.45, 7) is 10.7. The quantitative estimate of drug-likeness (QED) is 0.656. The second-order valence-corrected chi connectivity index (χ2v) is 5.24. The average Bonchev–Trinajstić information content (AvgIpc) is 1.98. The van der Waals surface area contributed by atoms with Gasteiger partial charge in [-0.1, -0.05) is 20.8 Å². The Morgan fingerprint density at radius 2 is 1.50 bits per heavy atom. The van der Waals surface area contributed by atoms with Crippen LogP contribution in [0.15, 0.2) is 0 Å². The summed E-state index contributed by atoms with van der Waals surface area (Å²) in [6.07, 6.45) is 0. The fourth-order valence-electron chi connectivity index (χ4n) is 1.36. The summed E-state index contributed by atoms with van der Waals surface area (Å²) in [7, 11) is 0. The molecule has 0 rings (SSSR count). The zero-order valence-corrected chi connectivity index (χ0v) is 9.93. The molecule has 0 radical (unpaired) electrons. The Morgan fingerprint density at radius 1 is 1.07 bits per heavy atom. The summed E-state index contributed by atoms with van der Waals surface area (Å²) in [5, 5.41) is 0. The highest BCUT2D eigenvalue weighted by Gasteiger charge is 2.36. The average molecular weight is 200 g/mol. The normalized spacial score (nSPS) is 12.4. The van der Waals surface area contributed by atoms with Crippen molar-refractivity contribution in [1.82, 2.24) is 0 Å². The Labute approximate surface area is 85.8 Å². The molecule has 0 bridgehead atoms. The number of ether oxygens (including phenoxy) is 1. The maximum atomic E-state index is 11.9. The molecular weight excluding hydrogens is 180 g/mol. The van der Waals surface area contributed by atoms with Crippen molar-refractivity contribution in [3.05, 3.63) is 0 Å². The third-order valence-electron chi connectivity index (χ3n) is 1.93. The molecule has 3 nitrogen and oxygen atoms in total. The molecule has 0 fully saturated rings. The molecule has 0 saturated carbocycles. The van der Waals surface area contributed by atoms with E-state index < -0.39 is 10.8 Å². The molecule has 0 heterocycles. The molecule has 14 heavy (non-hydrogen) atoms. The number of hydrogen-bond donors (Lipinski definition) is 0.